The van der Waals surface area contributed by atoms with E-state index in [2.05, 4.69) is 11.9 Å². The molecule has 0 aromatic heterocycles. The van der Waals surface area contributed by atoms with E-state index in [9.17, 15) is 9.18 Å². The zero-order valence-corrected chi connectivity index (χ0v) is 9.00. The molecule has 3 heteroatoms. The summed E-state index contributed by atoms with van der Waals surface area (Å²) in [7, 11) is 0. The van der Waals surface area contributed by atoms with Crippen LogP contribution in [0.1, 0.15) is 18.4 Å². The molecule has 1 saturated carbocycles. The molecule has 1 aromatic carbocycles. The van der Waals surface area contributed by atoms with Gasteiger partial charge < -0.3 is 5.32 Å². The van der Waals surface area contributed by atoms with E-state index >= 15 is 0 Å². The lowest BCUT2D eigenvalue weighted by atomic mass is 9.95. The standard InChI is InChI=1S/C13H14FNO/c1-2-12(16)15-9-13(7-8-13)10-5-3-4-6-11(10)14/h2-6H,1,7-9H2,(H,15,16). The molecule has 1 aliphatic carbocycles. The molecule has 2 nitrogen and oxygen atoms in total. The fraction of sp³-hybridized carbons (Fsp3) is 0.308. The number of benzene rings is 1. The van der Waals surface area contributed by atoms with Gasteiger partial charge in [0.15, 0.2) is 0 Å². The number of hydrogen-bond acceptors (Lipinski definition) is 1. The Kier molecular flexibility index (Phi) is 2.77. The summed E-state index contributed by atoms with van der Waals surface area (Å²) in [6, 6.07) is 6.76. The number of hydrogen-bond donors (Lipinski definition) is 1. The van der Waals surface area contributed by atoms with Gasteiger partial charge >= 0.3 is 0 Å². The summed E-state index contributed by atoms with van der Waals surface area (Å²) in [6.45, 7) is 3.87. The molecule has 1 N–H and O–H groups in total. The van der Waals surface area contributed by atoms with Crippen molar-refractivity contribution in [1.29, 1.82) is 0 Å². The van der Waals surface area contributed by atoms with Gasteiger partial charge in [-0.1, -0.05) is 24.8 Å². The molecular weight excluding hydrogens is 205 g/mol. The molecule has 16 heavy (non-hydrogen) atoms. The average molecular weight is 219 g/mol. The van der Waals surface area contributed by atoms with Crippen molar-refractivity contribution in [2.75, 3.05) is 6.54 Å². The zero-order chi connectivity index (χ0) is 11.6. The summed E-state index contributed by atoms with van der Waals surface area (Å²) < 4.78 is 13.6. The van der Waals surface area contributed by atoms with E-state index in [1.165, 1.54) is 12.1 Å². The maximum Gasteiger partial charge on any atom is 0.243 e. The molecule has 0 spiro atoms. The van der Waals surface area contributed by atoms with Gasteiger partial charge in [-0.25, -0.2) is 4.39 Å². The Labute approximate surface area is 94.2 Å². The van der Waals surface area contributed by atoms with Crippen LogP contribution in [0.5, 0.6) is 0 Å². The Hall–Kier alpha value is -1.64. The fourth-order valence-corrected chi connectivity index (χ4v) is 1.91. The molecule has 84 valence electrons. The van der Waals surface area contributed by atoms with Crippen LogP contribution in [0.3, 0.4) is 0 Å². The predicted octanol–water partition coefficient (Wildman–Crippen LogP) is 2.16. The van der Waals surface area contributed by atoms with E-state index in [0.29, 0.717) is 12.1 Å². The van der Waals surface area contributed by atoms with Crippen LogP contribution in [0.15, 0.2) is 36.9 Å². The summed E-state index contributed by atoms with van der Waals surface area (Å²) in [4.78, 5) is 11.1. The van der Waals surface area contributed by atoms with Crippen molar-refractivity contribution >= 4 is 5.91 Å². The van der Waals surface area contributed by atoms with Crippen LogP contribution >= 0.6 is 0 Å². The molecule has 0 atom stereocenters. The van der Waals surface area contributed by atoms with Gasteiger partial charge in [-0.3, -0.25) is 4.79 Å². The summed E-state index contributed by atoms with van der Waals surface area (Å²) in [5, 5.41) is 2.74. The zero-order valence-electron chi connectivity index (χ0n) is 9.00. The third-order valence-electron chi connectivity index (χ3n) is 3.09. The molecule has 1 aromatic rings. The maximum atomic E-state index is 13.6. The molecule has 0 radical (unpaired) electrons. The van der Waals surface area contributed by atoms with Crippen molar-refractivity contribution in [3.63, 3.8) is 0 Å². The van der Waals surface area contributed by atoms with Crippen molar-refractivity contribution in [3.8, 4) is 0 Å². The molecule has 1 fully saturated rings. The second-order valence-electron chi connectivity index (χ2n) is 4.18. The highest BCUT2D eigenvalue weighted by Crippen LogP contribution is 2.48. The minimum absolute atomic E-state index is 0.187. The van der Waals surface area contributed by atoms with E-state index < -0.39 is 0 Å². The highest BCUT2D eigenvalue weighted by Gasteiger charge is 2.45. The smallest absolute Gasteiger partial charge is 0.243 e. The van der Waals surface area contributed by atoms with Gasteiger partial charge in [0.2, 0.25) is 5.91 Å². The van der Waals surface area contributed by atoms with Crippen molar-refractivity contribution in [2.45, 2.75) is 18.3 Å². The number of nitrogens with one attached hydrogen (secondary N) is 1. The van der Waals surface area contributed by atoms with E-state index in [4.69, 9.17) is 0 Å². The maximum absolute atomic E-state index is 13.6. The quantitative estimate of drug-likeness (QED) is 0.772. The van der Waals surface area contributed by atoms with Crippen LogP contribution in [0.25, 0.3) is 0 Å². The predicted molar refractivity (Wildman–Crippen MR) is 60.5 cm³/mol. The molecule has 1 amide bonds. The van der Waals surface area contributed by atoms with Crippen LogP contribution in [0.4, 0.5) is 4.39 Å². The Morgan fingerprint density at radius 1 is 1.50 bits per heavy atom. The molecule has 0 saturated heterocycles. The highest BCUT2D eigenvalue weighted by atomic mass is 19.1. The fourth-order valence-electron chi connectivity index (χ4n) is 1.91. The summed E-state index contributed by atoms with van der Waals surface area (Å²) >= 11 is 0. The van der Waals surface area contributed by atoms with Crippen LogP contribution < -0.4 is 5.32 Å². The minimum Gasteiger partial charge on any atom is -0.352 e. The van der Waals surface area contributed by atoms with Gasteiger partial charge in [-0.05, 0) is 30.5 Å². The van der Waals surface area contributed by atoms with E-state index in [0.717, 1.165) is 12.8 Å². The molecule has 0 bridgehead atoms. The normalized spacial score (nSPS) is 16.6. The number of halogens is 1. The Balaban J connectivity index is 2.11. The van der Waals surface area contributed by atoms with E-state index in [1.54, 1.807) is 12.1 Å². The first-order valence-corrected chi connectivity index (χ1v) is 5.33. The van der Waals surface area contributed by atoms with Crippen LogP contribution in [0.2, 0.25) is 0 Å². The van der Waals surface area contributed by atoms with Crippen molar-refractivity contribution < 1.29 is 9.18 Å². The highest BCUT2D eigenvalue weighted by molar-refractivity contribution is 5.86. The van der Waals surface area contributed by atoms with Crippen molar-refractivity contribution in [3.05, 3.63) is 48.3 Å². The largest absolute Gasteiger partial charge is 0.352 e. The first-order chi connectivity index (χ1) is 7.68. The lowest BCUT2D eigenvalue weighted by molar-refractivity contribution is -0.116. The Morgan fingerprint density at radius 3 is 2.75 bits per heavy atom. The first-order valence-electron chi connectivity index (χ1n) is 5.33. The molecule has 2 rings (SSSR count). The number of amides is 1. The Morgan fingerprint density at radius 2 is 2.19 bits per heavy atom. The second kappa shape index (κ2) is 4.08. The SMILES string of the molecule is C=CC(=O)NCC1(c2ccccc2F)CC1. The summed E-state index contributed by atoms with van der Waals surface area (Å²) in [5.41, 5.74) is 0.517. The van der Waals surface area contributed by atoms with Gasteiger partial charge in [0.1, 0.15) is 5.82 Å². The molecule has 1 aliphatic rings. The van der Waals surface area contributed by atoms with Gasteiger partial charge in [0.05, 0.1) is 0 Å². The van der Waals surface area contributed by atoms with E-state index in [1.807, 2.05) is 6.07 Å². The third-order valence-corrected chi connectivity index (χ3v) is 3.09. The van der Waals surface area contributed by atoms with Crippen LogP contribution in [0, 0.1) is 5.82 Å². The number of carbonyl (C=O) groups is 1. The molecular formula is C13H14FNO. The van der Waals surface area contributed by atoms with Crippen molar-refractivity contribution in [1.82, 2.24) is 5.32 Å². The summed E-state index contributed by atoms with van der Waals surface area (Å²) in [5.74, 6) is -0.393. The lowest BCUT2D eigenvalue weighted by Crippen LogP contribution is -2.31. The van der Waals surface area contributed by atoms with Gasteiger partial charge in [0, 0.05) is 12.0 Å². The van der Waals surface area contributed by atoms with E-state index in [-0.39, 0.29) is 17.1 Å². The molecule has 0 aliphatic heterocycles. The third kappa shape index (κ3) is 1.98. The number of rotatable bonds is 4. The minimum atomic E-state index is -0.206. The van der Waals surface area contributed by atoms with Crippen molar-refractivity contribution in [2.24, 2.45) is 0 Å². The average Bonchev–Trinajstić information content (AvgIpc) is 3.07. The summed E-state index contributed by atoms with van der Waals surface area (Å²) in [6.07, 6.45) is 3.08. The van der Waals surface area contributed by atoms with Gasteiger partial charge in [-0.2, -0.15) is 0 Å². The van der Waals surface area contributed by atoms with Gasteiger partial charge in [0.25, 0.3) is 0 Å². The van der Waals surface area contributed by atoms with Crippen LogP contribution in [-0.4, -0.2) is 12.5 Å². The van der Waals surface area contributed by atoms with Gasteiger partial charge in [-0.15, -0.1) is 0 Å². The van der Waals surface area contributed by atoms with Crippen LogP contribution in [-0.2, 0) is 10.2 Å². The molecule has 0 unspecified atom stereocenters. The lowest BCUT2D eigenvalue weighted by Gasteiger charge is -2.16. The second-order valence-corrected chi connectivity index (χ2v) is 4.18. The topological polar surface area (TPSA) is 29.1 Å². The monoisotopic (exact) mass is 219 g/mol. The Bertz CT molecular complexity index is 424. The first kappa shape index (κ1) is 10.9. The number of carbonyl (C=O) groups excluding carboxylic acids is 1. The molecule has 0 heterocycles.